The molecule has 2 amide bonds. The van der Waals surface area contributed by atoms with Crippen molar-refractivity contribution in [2.75, 3.05) is 20.2 Å². The Hall–Kier alpha value is -2.04. The highest BCUT2D eigenvalue weighted by Crippen LogP contribution is 2.14. The van der Waals surface area contributed by atoms with E-state index in [1.807, 2.05) is 24.3 Å². The normalized spacial score (nSPS) is 19.3. The molecule has 5 nitrogen and oxygen atoms in total. The molecule has 0 saturated carbocycles. The topological polar surface area (TPSA) is 58.6 Å². The molecule has 1 heterocycles. The fraction of sp³-hybridized carbons (Fsp3) is 0.429. The number of ether oxygens (including phenoxy) is 1. The van der Waals surface area contributed by atoms with Crippen LogP contribution in [0.25, 0.3) is 0 Å². The van der Waals surface area contributed by atoms with Gasteiger partial charge in [-0.3, -0.25) is 9.59 Å². The lowest BCUT2D eigenvalue weighted by atomic mass is 10.1. The second-order valence-electron chi connectivity index (χ2n) is 4.58. The van der Waals surface area contributed by atoms with Gasteiger partial charge in [0.25, 0.3) is 0 Å². The van der Waals surface area contributed by atoms with E-state index in [-0.39, 0.29) is 18.4 Å². The van der Waals surface area contributed by atoms with E-state index >= 15 is 0 Å². The molecule has 1 aliphatic rings. The zero-order valence-corrected chi connectivity index (χ0v) is 11.2. The van der Waals surface area contributed by atoms with Gasteiger partial charge in [0.2, 0.25) is 11.8 Å². The van der Waals surface area contributed by atoms with Crippen molar-refractivity contribution in [2.45, 2.75) is 19.4 Å². The predicted octanol–water partition coefficient (Wildman–Crippen LogP) is 0.585. The van der Waals surface area contributed by atoms with Crippen LogP contribution < -0.4 is 10.1 Å². The average molecular weight is 262 g/mol. The van der Waals surface area contributed by atoms with Crippen molar-refractivity contribution in [1.82, 2.24) is 10.2 Å². The quantitative estimate of drug-likeness (QED) is 0.863. The maximum absolute atomic E-state index is 11.8. The summed E-state index contributed by atoms with van der Waals surface area (Å²) in [4.78, 5) is 24.9. The third-order valence-corrected chi connectivity index (χ3v) is 3.36. The summed E-state index contributed by atoms with van der Waals surface area (Å²) in [5.41, 5.74) is 1.09. The summed E-state index contributed by atoms with van der Waals surface area (Å²) in [6.07, 6.45) is 0.709. The maximum Gasteiger partial charge on any atom is 0.242 e. The first-order valence-corrected chi connectivity index (χ1v) is 6.32. The van der Waals surface area contributed by atoms with Crippen molar-refractivity contribution in [3.63, 3.8) is 0 Å². The van der Waals surface area contributed by atoms with Crippen LogP contribution in [0.4, 0.5) is 0 Å². The summed E-state index contributed by atoms with van der Waals surface area (Å²) in [5.74, 6) is 0.675. The van der Waals surface area contributed by atoms with Gasteiger partial charge in [0.05, 0.1) is 13.7 Å². The molecule has 1 aliphatic heterocycles. The summed E-state index contributed by atoms with van der Waals surface area (Å²) in [6, 6.07) is 7.33. The summed E-state index contributed by atoms with van der Waals surface area (Å²) in [5, 5.41) is 2.58. The number of benzene rings is 1. The number of hydrogen-bond acceptors (Lipinski definition) is 3. The van der Waals surface area contributed by atoms with Crippen LogP contribution in [0.15, 0.2) is 24.3 Å². The van der Waals surface area contributed by atoms with E-state index in [2.05, 4.69) is 5.32 Å². The van der Waals surface area contributed by atoms with Gasteiger partial charge in [-0.25, -0.2) is 0 Å². The lowest BCUT2D eigenvalue weighted by Gasteiger charge is -2.32. The molecule has 102 valence electrons. The van der Waals surface area contributed by atoms with Crippen LogP contribution in [0.5, 0.6) is 5.75 Å². The molecule has 1 saturated heterocycles. The van der Waals surface area contributed by atoms with Gasteiger partial charge in [0.1, 0.15) is 11.8 Å². The number of rotatable bonds is 4. The van der Waals surface area contributed by atoms with E-state index in [4.69, 9.17) is 4.74 Å². The van der Waals surface area contributed by atoms with Crippen LogP contribution in [-0.2, 0) is 16.0 Å². The summed E-state index contributed by atoms with van der Waals surface area (Å²) in [6.45, 7) is 2.39. The number of carbonyl (C=O) groups is 2. The average Bonchev–Trinajstić information content (AvgIpc) is 2.43. The second-order valence-corrected chi connectivity index (χ2v) is 4.58. The number of piperazine rings is 1. The van der Waals surface area contributed by atoms with Crippen LogP contribution in [0, 0.1) is 0 Å². The Labute approximate surface area is 112 Å². The molecule has 19 heavy (non-hydrogen) atoms. The lowest BCUT2D eigenvalue weighted by molar-refractivity contribution is -0.144. The molecule has 1 unspecified atom stereocenters. The van der Waals surface area contributed by atoms with Gasteiger partial charge >= 0.3 is 0 Å². The molecule has 1 fully saturated rings. The van der Waals surface area contributed by atoms with E-state index in [9.17, 15) is 9.59 Å². The Kier molecular flexibility index (Phi) is 4.04. The monoisotopic (exact) mass is 262 g/mol. The highest BCUT2D eigenvalue weighted by Gasteiger charge is 2.30. The van der Waals surface area contributed by atoms with Gasteiger partial charge in [0.15, 0.2) is 0 Å². The fourth-order valence-electron chi connectivity index (χ4n) is 2.17. The maximum atomic E-state index is 11.8. The smallest absolute Gasteiger partial charge is 0.242 e. The van der Waals surface area contributed by atoms with Gasteiger partial charge in [0, 0.05) is 6.54 Å². The Morgan fingerprint density at radius 1 is 1.42 bits per heavy atom. The van der Waals surface area contributed by atoms with E-state index in [1.165, 1.54) is 0 Å². The summed E-state index contributed by atoms with van der Waals surface area (Å²) in [7, 11) is 1.62. The molecule has 0 aliphatic carbocycles. The summed E-state index contributed by atoms with van der Waals surface area (Å²) < 4.78 is 5.16. The molecule has 0 aromatic heterocycles. The highest BCUT2D eigenvalue weighted by molar-refractivity contribution is 5.94. The van der Waals surface area contributed by atoms with Gasteiger partial charge in [-0.05, 0) is 31.0 Å². The Bertz CT molecular complexity index is 487. The first-order chi connectivity index (χ1) is 9.11. The second kappa shape index (κ2) is 5.73. The Balaban J connectivity index is 2.00. The van der Waals surface area contributed by atoms with Crippen LogP contribution in [0.2, 0.25) is 0 Å². The molecule has 0 radical (unpaired) electrons. The van der Waals surface area contributed by atoms with E-state index < -0.39 is 6.04 Å². The van der Waals surface area contributed by atoms with Crippen molar-refractivity contribution in [1.29, 1.82) is 0 Å². The summed E-state index contributed by atoms with van der Waals surface area (Å²) >= 11 is 0. The van der Waals surface area contributed by atoms with Crippen molar-refractivity contribution < 1.29 is 14.3 Å². The zero-order chi connectivity index (χ0) is 13.8. The van der Waals surface area contributed by atoms with E-state index in [0.29, 0.717) is 13.0 Å². The number of hydrogen-bond donors (Lipinski definition) is 1. The standard InChI is InChI=1S/C14H18N2O3/c1-10-14(18)15-9-13(17)16(10)7-6-11-4-3-5-12(8-11)19-2/h3-5,8,10H,6-7,9H2,1-2H3,(H,15,18). The van der Waals surface area contributed by atoms with Crippen molar-refractivity contribution in [2.24, 2.45) is 0 Å². The van der Waals surface area contributed by atoms with Crippen LogP contribution in [0.3, 0.4) is 0 Å². The molecule has 1 atom stereocenters. The largest absolute Gasteiger partial charge is 0.497 e. The Morgan fingerprint density at radius 3 is 2.95 bits per heavy atom. The lowest BCUT2D eigenvalue weighted by Crippen LogP contribution is -2.57. The molecule has 1 aromatic carbocycles. The molecule has 0 bridgehead atoms. The molecule has 5 heteroatoms. The van der Waals surface area contributed by atoms with Crippen LogP contribution in [-0.4, -0.2) is 43.0 Å². The highest BCUT2D eigenvalue weighted by atomic mass is 16.5. The van der Waals surface area contributed by atoms with E-state index in [1.54, 1.807) is 18.9 Å². The minimum atomic E-state index is -0.396. The fourth-order valence-corrected chi connectivity index (χ4v) is 2.17. The number of nitrogens with zero attached hydrogens (tertiary/aromatic N) is 1. The number of amides is 2. The zero-order valence-electron chi connectivity index (χ0n) is 11.2. The molecular formula is C14H18N2O3. The van der Waals surface area contributed by atoms with E-state index in [0.717, 1.165) is 11.3 Å². The molecule has 2 rings (SSSR count). The van der Waals surface area contributed by atoms with Crippen molar-refractivity contribution >= 4 is 11.8 Å². The van der Waals surface area contributed by atoms with Crippen molar-refractivity contribution in [3.8, 4) is 5.75 Å². The van der Waals surface area contributed by atoms with Gasteiger partial charge in [-0.2, -0.15) is 0 Å². The molecular weight excluding hydrogens is 244 g/mol. The first kappa shape index (κ1) is 13.4. The number of nitrogens with one attached hydrogen (secondary N) is 1. The molecule has 1 N–H and O–H groups in total. The first-order valence-electron chi connectivity index (χ1n) is 6.32. The van der Waals surface area contributed by atoms with Crippen LogP contribution in [0.1, 0.15) is 12.5 Å². The van der Waals surface area contributed by atoms with Crippen LogP contribution >= 0.6 is 0 Å². The van der Waals surface area contributed by atoms with Gasteiger partial charge in [-0.15, -0.1) is 0 Å². The number of carbonyl (C=O) groups excluding carboxylic acids is 2. The molecule has 1 aromatic rings. The third-order valence-electron chi connectivity index (χ3n) is 3.36. The van der Waals surface area contributed by atoms with Crippen molar-refractivity contribution in [3.05, 3.63) is 29.8 Å². The third kappa shape index (κ3) is 3.05. The SMILES string of the molecule is COc1cccc(CCN2C(=O)CNC(=O)C2C)c1. The predicted molar refractivity (Wildman–Crippen MR) is 70.9 cm³/mol. The minimum absolute atomic E-state index is 0.0324. The minimum Gasteiger partial charge on any atom is -0.497 e. The number of methoxy groups -OCH3 is 1. The van der Waals surface area contributed by atoms with Gasteiger partial charge < -0.3 is 15.0 Å². The molecule has 0 spiro atoms. The Morgan fingerprint density at radius 2 is 2.21 bits per heavy atom. The van der Waals surface area contributed by atoms with Gasteiger partial charge in [-0.1, -0.05) is 12.1 Å².